The van der Waals surface area contributed by atoms with Crippen LogP contribution >= 0.6 is 0 Å². The van der Waals surface area contributed by atoms with Crippen LogP contribution in [-0.2, 0) is 11.6 Å². The van der Waals surface area contributed by atoms with E-state index in [0.29, 0.717) is 11.1 Å². The van der Waals surface area contributed by atoms with Gasteiger partial charge in [0.2, 0.25) is 0 Å². The highest BCUT2D eigenvalue weighted by atomic mass is 19.4. The summed E-state index contributed by atoms with van der Waals surface area (Å²) in [5, 5.41) is 13.3. The monoisotopic (exact) mass is 987 g/mol. The van der Waals surface area contributed by atoms with E-state index < -0.39 is 23.0 Å². The highest BCUT2D eigenvalue weighted by molar-refractivity contribution is 6.12. The number of aromatic nitrogens is 1. The molecule has 0 unspecified atom stereocenters. The fraction of sp³-hybridized carbons (Fsp3) is 0.0290. The first kappa shape index (κ1) is 44.9. The largest absolute Gasteiger partial charge is 0.417 e. The maximum Gasteiger partial charge on any atom is 0.417 e. The van der Waals surface area contributed by atoms with Crippen LogP contribution in [0.5, 0.6) is 0 Å². The smallest absolute Gasteiger partial charge is 0.309 e. The molecular weight excluding hydrogens is 947 g/mol. The Kier molecular flexibility index (Phi) is 10.1. The Hall–Kier alpha value is -9.77. The van der Waals surface area contributed by atoms with E-state index in [-0.39, 0.29) is 16.7 Å². The van der Waals surface area contributed by atoms with Gasteiger partial charge in [0, 0.05) is 27.6 Å². The van der Waals surface area contributed by atoms with Gasteiger partial charge in [-0.05, 0) is 146 Å². The van der Waals surface area contributed by atoms with Crippen molar-refractivity contribution in [3.63, 3.8) is 0 Å². The Morgan fingerprint density at radius 3 is 1.45 bits per heavy atom. The van der Waals surface area contributed by atoms with E-state index in [1.807, 2.05) is 48.5 Å². The minimum Gasteiger partial charge on any atom is -0.309 e. The van der Waals surface area contributed by atoms with Gasteiger partial charge in [0.25, 0.3) is 0 Å². The number of para-hydroxylation sites is 2. The Morgan fingerprint density at radius 1 is 0.382 bits per heavy atom. The number of halogens is 4. The Morgan fingerprint density at radius 2 is 0.895 bits per heavy atom. The van der Waals surface area contributed by atoms with E-state index in [2.05, 4.69) is 179 Å². The fourth-order valence-electron chi connectivity index (χ4n) is 12.4. The van der Waals surface area contributed by atoms with Crippen LogP contribution in [0.2, 0.25) is 0 Å². The molecule has 0 saturated heterocycles. The number of hydrogen-bond donors (Lipinski definition) is 0. The van der Waals surface area contributed by atoms with Crippen molar-refractivity contribution in [2.75, 3.05) is 4.90 Å². The van der Waals surface area contributed by atoms with Gasteiger partial charge in [-0.25, -0.2) is 4.39 Å². The lowest BCUT2D eigenvalue weighted by atomic mass is 9.64. The predicted octanol–water partition coefficient (Wildman–Crippen LogP) is 18.6. The van der Waals surface area contributed by atoms with Gasteiger partial charge < -0.3 is 9.47 Å². The Labute approximate surface area is 436 Å². The van der Waals surface area contributed by atoms with E-state index >= 15 is 0 Å². The summed E-state index contributed by atoms with van der Waals surface area (Å²) >= 11 is 0. The average Bonchev–Trinajstić information content (AvgIpc) is 4.12. The van der Waals surface area contributed by atoms with Crippen molar-refractivity contribution in [1.29, 1.82) is 5.26 Å². The normalized spacial score (nSPS) is 13.1. The minimum absolute atomic E-state index is 0.0739. The maximum absolute atomic E-state index is 14.9. The van der Waals surface area contributed by atoms with Crippen LogP contribution in [0, 0.1) is 17.1 Å². The molecule has 0 bridgehead atoms. The zero-order valence-corrected chi connectivity index (χ0v) is 40.5. The molecule has 1 spiro atoms. The van der Waals surface area contributed by atoms with Crippen LogP contribution in [0.25, 0.3) is 83.1 Å². The van der Waals surface area contributed by atoms with Crippen LogP contribution in [0.1, 0.15) is 33.4 Å². The number of fused-ring (bicyclic) bond motifs is 12. The van der Waals surface area contributed by atoms with Crippen molar-refractivity contribution in [3.05, 3.63) is 288 Å². The molecule has 0 saturated carbocycles. The molecule has 11 aromatic carbocycles. The number of hydrogen-bond acceptors (Lipinski definition) is 2. The summed E-state index contributed by atoms with van der Waals surface area (Å²) in [6.45, 7) is 0. The molecule has 7 heteroatoms. The SMILES string of the molecule is N#Cc1cc(-c2cc(F)ccc2C(F)(F)F)ccc1-c1cc(-n2c3ccc(-c4ccccc4)cc3c3cc(-c4ccccc4)ccc32)ccc1N1c2ccccc2C2(c3ccccc3-c3ccccc32)c2ccccc21. The second kappa shape index (κ2) is 17.2. The first-order valence-corrected chi connectivity index (χ1v) is 25.1. The molecule has 1 aliphatic carbocycles. The van der Waals surface area contributed by atoms with E-state index in [9.17, 15) is 22.8 Å². The number of nitriles is 1. The van der Waals surface area contributed by atoms with Gasteiger partial charge in [-0.3, -0.25) is 0 Å². The van der Waals surface area contributed by atoms with Gasteiger partial charge in [-0.15, -0.1) is 0 Å². The van der Waals surface area contributed by atoms with Crippen molar-refractivity contribution in [1.82, 2.24) is 4.57 Å². The third-order valence-corrected chi connectivity index (χ3v) is 15.5. The molecule has 2 aliphatic rings. The maximum atomic E-state index is 14.9. The Balaban J connectivity index is 1.05. The number of anilines is 3. The molecule has 1 aliphatic heterocycles. The molecule has 0 N–H and O–H groups in total. The predicted molar refractivity (Wildman–Crippen MR) is 298 cm³/mol. The summed E-state index contributed by atoms with van der Waals surface area (Å²) in [4.78, 5) is 2.27. The summed E-state index contributed by atoms with van der Waals surface area (Å²) in [5.41, 5.74) is 15.9. The van der Waals surface area contributed by atoms with E-state index in [0.717, 1.165) is 96.1 Å². The van der Waals surface area contributed by atoms with Crippen LogP contribution < -0.4 is 4.90 Å². The molecule has 0 amide bonds. The first-order chi connectivity index (χ1) is 37.2. The molecule has 3 nitrogen and oxygen atoms in total. The topological polar surface area (TPSA) is 32.0 Å². The molecule has 12 aromatic rings. The van der Waals surface area contributed by atoms with Crippen LogP contribution in [-0.4, -0.2) is 4.57 Å². The first-order valence-electron chi connectivity index (χ1n) is 25.1. The number of nitrogens with zero attached hydrogens (tertiary/aromatic N) is 3. The lowest BCUT2D eigenvalue weighted by molar-refractivity contribution is -0.137. The van der Waals surface area contributed by atoms with Crippen molar-refractivity contribution < 1.29 is 17.6 Å². The number of rotatable bonds is 6. The van der Waals surface area contributed by atoms with Crippen LogP contribution in [0.4, 0.5) is 34.6 Å². The van der Waals surface area contributed by atoms with Crippen molar-refractivity contribution >= 4 is 38.9 Å². The molecule has 0 atom stereocenters. The third kappa shape index (κ3) is 6.74. The molecule has 0 radical (unpaired) electrons. The summed E-state index contributed by atoms with van der Waals surface area (Å²) in [5.74, 6) is -0.814. The quantitative estimate of drug-likeness (QED) is 0.156. The van der Waals surface area contributed by atoms with E-state index in [1.165, 1.54) is 28.3 Å². The third-order valence-electron chi connectivity index (χ3n) is 15.5. The summed E-state index contributed by atoms with van der Waals surface area (Å²) in [6, 6.07) is 83.8. The van der Waals surface area contributed by atoms with Crippen molar-refractivity contribution in [2.24, 2.45) is 0 Å². The van der Waals surface area contributed by atoms with E-state index in [4.69, 9.17) is 0 Å². The van der Waals surface area contributed by atoms with Gasteiger partial charge in [-0.2, -0.15) is 18.4 Å². The number of alkyl halides is 3. The molecule has 360 valence electrons. The second-order valence-electron chi connectivity index (χ2n) is 19.5. The molecule has 76 heavy (non-hydrogen) atoms. The second-order valence-corrected chi connectivity index (χ2v) is 19.5. The Bertz CT molecular complexity index is 4180. The summed E-state index contributed by atoms with van der Waals surface area (Å²) < 4.78 is 60.9. The standard InChI is InChI=1S/C69H41F4N3/c70-49-30-33-60(69(71,72)73)54(40-49)47-27-32-51(48(37-47)42-74)57-41-50(75-63-34-28-45(43-15-3-1-4-16-43)38-55(63)56-39-46(29-35-64(56)75)44-17-5-2-6-18-44)31-36-65(57)76-66-25-13-11-23-61(66)68(62-24-12-14-26-67(62)76)58-21-9-7-19-52(58)53-20-8-10-22-59(53)68/h1-41H. The van der Waals surface area contributed by atoms with Gasteiger partial charge in [-0.1, -0.05) is 170 Å². The van der Waals surface area contributed by atoms with Gasteiger partial charge in [0.1, 0.15) is 5.82 Å². The van der Waals surface area contributed by atoms with Gasteiger partial charge in [0.15, 0.2) is 0 Å². The molecule has 14 rings (SSSR count). The lowest BCUT2D eigenvalue weighted by Crippen LogP contribution is -2.36. The van der Waals surface area contributed by atoms with E-state index in [1.54, 1.807) is 12.1 Å². The lowest BCUT2D eigenvalue weighted by Gasteiger charge is -2.45. The molecule has 0 fully saturated rings. The highest BCUT2D eigenvalue weighted by Gasteiger charge is 2.51. The average molecular weight is 988 g/mol. The van der Waals surface area contributed by atoms with Crippen LogP contribution in [0.3, 0.4) is 0 Å². The van der Waals surface area contributed by atoms with Gasteiger partial charge in [0.05, 0.1) is 50.7 Å². The number of benzene rings is 11. The minimum atomic E-state index is -4.77. The molecular formula is C69H41F4N3. The van der Waals surface area contributed by atoms with Crippen molar-refractivity contribution in [2.45, 2.75) is 11.6 Å². The zero-order chi connectivity index (χ0) is 51.3. The molecule has 2 heterocycles. The van der Waals surface area contributed by atoms with Gasteiger partial charge >= 0.3 is 6.18 Å². The summed E-state index contributed by atoms with van der Waals surface area (Å²) in [6.07, 6.45) is -4.77. The summed E-state index contributed by atoms with van der Waals surface area (Å²) in [7, 11) is 0. The van der Waals surface area contributed by atoms with Crippen LogP contribution in [0.15, 0.2) is 249 Å². The van der Waals surface area contributed by atoms with Crippen molar-refractivity contribution in [3.8, 4) is 67.4 Å². The highest BCUT2D eigenvalue weighted by Crippen LogP contribution is 2.64. The fourth-order valence-corrected chi connectivity index (χ4v) is 12.4. The molecule has 1 aromatic heterocycles. The zero-order valence-electron chi connectivity index (χ0n) is 40.5.